The number of carbonyl (C=O) groups is 2. The summed E-state index contributed by atoms with van der Waals surface area (Å²) < 4.78 is 20.0. The number of halogens is 2. The molecule has 0 radical (unpaired) electrons. The Balaban J connectivity index is 1.68. The molecule has 0 saturated carbocycles. The summed E-state index contributed by atoms with van der Waals surface area (Å²) in [4.78, 5) is 25.6. The lowest BCUT2D eigenvalue weighted by Crippen LogP contribution is -2.29. The maximum atomic E-state index is 13.1. The van der Waals surface area contributed by atoms with E-state index in [9.17, 15) is 19.2 Å². The lowest BCUT2D eigenvalue weighted by molar-refractivity contribution is -0.117. The van der Waals surface area contributed by atoms with E-state index in [4.69, 9.17) is 16.0 Å². The van der Waals surface area contributed by atoms with Crippen molar-refractivity contribution >= 4 is 29.0 Å². The maximum Gasteiger partial charge on any atom is 0.249 e. The first-order valence-corrected chi connectivity index (χ1v) is 9.74. The Hall–Kier alpha value is -4.22. The number of nitrogens with one attached hydrogen (secondary N) is 1. The van der Waals surface area contributed by atoms with Gasteiger partial charge in [0.05, 0.1) is 18.0 Å². The lowest BCUT2D eigenvalue weighted by atomic mass is 10.0. The van der Waals surface area contributed by atoms with Gasteiger partial charge in [0.25, 0.3) is 0 Å². The van der Waals surface area contributed by atoms with Crippen LogP contribution in [0.5, 0.6) is 0 Å². The average molecular weight is 449 g/mol. The Morgan fingerprint density at radius 1 is 1.12 bits per heavy atom. The van der Waals surface area contributed by atoms with E-state index in [-0.39, 0.29) is 11.4 Å². The van der Waals surface area contributed by atoms with Gasteiger partial charge in [-0.15, -0.1) is 0 Å². The largest absolute Gasteiger partial charge is 0.463 e. The molecule has 4 aromatic rings. The predicted octanol–water partition coefficient (Wildman–Crippen LogP) is 4.89. The molecule has 0 fully saturated rings. The van der Waals surface area contributed by atoms with Crippen molar-refractivity contribution < 1.29 is 18.4 Å². The first kappa shape index (κ1) is 21.0. The SMILES string of the molecule is N#CC(C(=O)Nc1ccc(F)cc1)C(=O)c1cc(-c2ccco2)n(-c2cccc(Cl)c2)n1. The van der Waals surface area contributed by atoms with Gasteiger partial charge in [-0.25, -0.2) is 9.07 Å². The van der Waals surface area contributed by atoms with E-state index in [0.717, 1.165) is 12.1 Å². The quantitative estimate of drug-likeness (QED) is 0.334. The van der Waals surface area contributed by atoms with Gasteiger partial charge in [0.15, 0.2) is 11.7 Å². The van der Waals surface area contributed by atoms with Gasteiger partial charge >= 0.3 is 0 Å². The van der Waals surface area contributed by atoms with E-state index in [1.807, 2.05) is 0 Å². The van der Waals surface area contributed by atoms with Gasteiger partial charge in [0, 0.05) is 10.7 Å². The van der Waals surface area contributed by atoms with Crippen LogP contribution >= 0.6 is 11.6 Å². The van der Waals surface area contributed by atoms with Gasteiger partial charge < -0.3 is 9.73 Å². The van der Waals surface area contributed by atoms with E-state index >= 15 is 0 Å². The van der Waals surface area contributed by atoms with Crippen LogP contribution in [0.25, 0.3) is 17.1 Å². The summed E-state index contributed by atoms with van der Waals surface area (Å²) in [5, 5.41) is 16.7. The molecule has 0 saturated heterocycles. The molecule has 1 N–H and O–H groups in total. The van der Waals surface area contributed by atoms with Gasteiger partial charge in [-0.2, -0.15) is 10.4 Å². The van der Waals surface area contributed by atoms with Gasteiger partial charge in [-0.3, -0.25) is 9.59 Å². The molecule has 2 aromatic carbocycles. The molecule has 1 amide bonds. The van der Waals surface area contributed by atoms with Crippen LogP contribution in [-0.2, 0) is 4.79 Å². The number of furan rings is 1. The molecule has 0 aliphatic heterocycles. The highest BCUT2D eigenvalue weighted by Gasteiger charge is 2.31. The molecule has 9 heteroatoms. The molecular weight excluding hydrogens is 435 g/mol. The van der Waals surface area contributed by atoms with Crippen molar-refractivity contribution in [3.63, 3.8) is 0 Å². The highest BCUT2D eigenvalue weighted by molar-refractivity contribution is 6.30. The molecular formula is C23H14ClFN4O3. The van der Waals surface area contributed by atoms with Crippen molar-refractivity contribution in [2.24, 2.45) is 5.92 Å². The minimum atomic E-state index is -1.66. The number of Topliss-reactive ketones (excluding diaryl/α,β-unsaturated/α-hetero) is 1. The molecule has 158 valence electrons. The van der Waals surface area contributed by atoms with Crippen LogP contribution in [0.2, 0.25) is 5.02 Å². The molecule has 1 unspecified atom stereocenters. The molecule has 0 spiro atoms. The predicted molar refractivity (Wildman–Crippen MR) is 115 cm³/mol. The first-order valence-electron chi connectivity index (χ1n) is 9.36. The molecule has 4 rings (SSSR count). The zero-order valence-electron chi connectivity index (χ0n) is 16.3. The monoisotopic (exact) mass is 448 g/mol. The zero-order chi connectivity index (χ0) is 22.7. The summed E-state index contributed by atoms with van der Waals surface area (Å²) in [6.07, 6.45) is 1.47. The molecule has 1 atom stereocenters. The van der Waals surface area contributed by atoms with Crippen LogP contribution in [0.3, 0.4) is 0 Å². The summed E-state index contributed by atoms with van der Waals surface area (Å²) in [5.74, 6) is -3.34. The van der Waals surface area contributed by atoms with Crippen molar-refractivity contribution in [3.05, 3.63) is 89.5 Å². The smallest absolute Gasteiger partial charge is 0.249 e. The van der Waals surface area contributed by atoms with Gasteiger partial charge in [0.2, 0.25) is 11.7 Å². The summed E-state index contributed by atoms with van der Waals surface area (Å²) in [5.41, 5.74) is 1.16. The highest BCUT2D eigenvalue weighted by Crippen LogP contribution is 2.27. The third kappa shape index (κ3) is 4.29. The molecule has 2 aromatic heterocycles. The van der Waals surface area contributed by atoms with Crippen LogP contribution in [0, 0.1) is 23.1 Å². The summed E-state index contributed by atoms with van der Waals surface area (Å²) in [6.45, 7) is 0. The number of hydrogen-bond donors (Lipinski definition) is 1. The normalized spacial score (nSPS) is 11.5. The summed E-state index contributed by atoms with van der Waals surface area (Å²) >= 11 is 6.09. The third-order valence-corrected chi connectivity index (χ3v) is 4.79. The minimum Gasteiger partial charge on any atom is -0.463 e. The number of benzene rings is 2. The maximum absolute atomic E-state index is 13.1. The highest BCUT2D eigenvalue weighted by atomic mass is 35.5. The van der Waals surface area contributed by atoms with Crippen LogP contribution in [0.1, 0.15) is 10.5 Å². The molecule has 0 bridgehead atoms. The number of rotatable bonds is 6. The topological polar surface area (TPSA) is 101 Å². The molecule has 0 aliphatic carbocycles. The van der Waals surface area contributed by atoms with E-state index in [1.165, 1.54) is 29.1 Å². The Morgan fingerprint density at radius 2 is 1.91 bits per heavy atom. The number of hydrogen-bond acceptors (Lipinski definition) is 5. The van der Waals surface area contributed by atoms with E-state index in [0.29, 0.717) is 22.2 Å². The fourth-order valence-corrected chi connectivity index (χ4v) is 3.22. The Morgan fingerprint density at radius 3 is 2.56 bits per heavy atom. The fourth-order valence-electron chi connectivity index (χ4n) is 3.04. The van der Waals surface area contributed by atoms with Gasteiger partial charge in [-0.1, -0.05) is 17.7 Å². The fraction of sp³-hybridized carbons (Fsp3) is 0.0435. The Bertz CT molecular complexity index is 1320. The van der Waals surface area contributed by atoms with E-state index in [1.54, 1.807) is 42.5 Å². The molecule has 2 heterocycles. The molecule has 32 heavy (non-hydrogen) atoms. The van der Waals surface area contributed by atoms with E-state index in [2.05, 4.69) is 10.4 Å². The number of anilines is 1. The summed E-state index contributed by atoms with van der Waals surface area (Å²) in [6, 6.07) is 18.3. The zero-order valence-corrected chi connectivity index (χ0v) is 17.1. The van der Waals surface area contributed by atoms with E-state index < -0.39 is 23.4 Å². The Kier molecular flexibility index (Phi) is 5.83. The van der Waals surface area contributed by atoms with Crippen LogP contribution in [-0.4, -0.2) is 21.5 Å². The second-order valence-electron chi connectivity index (χ2n) is 6.71. The number of nitriles is 1. The molecule has 7 nitrogen and oxygen atoms in total. The first-order chi connectivity index (χ1) is 15.5. The van der Waals surface area contributed by atoms with Crippen molar-refractivity contribution in [1.82, 2.24) is 9.78 Å². The van der Waals surface area contributed by atoms with Gasteiger partial charge in [-0.05, 0) is 60.7 Å². The Labute approximate surface area is 186 Å². The van der Waals surface area contributed by atoms with Crippen LogP contribution < -0.4 is 5.32 Å². The number of carbonyl (C=O) groups excluding carboxylic acids is 2. The number of aromatic nitrogens is 2. The number of amides is 1. The average Bonchev–Trinajstić information content (AvgIpc) is 3.46. The second-order valence-corrected chi connectivity index (χ2v) is 7.14. The summed E-state index contributed by atoms with van der Waals surface area (Å²) in [7, 11) is 0. The van der Waals surface area contributed by atoms with Crippen molar-refractivity contribution in [2.75, 3.05) is 5.32 Å². The van der Waals surface area contributed by atoms with Gasteiger partial charge in [0.1, 0.15) is 17.2 Å². The van der Waals surface area contributed by atoms with Crippen molar-refractivity contribution in [1.29, 1.82) is 5.26 Å². The third-order valence-electron chi connectivity index (χ3n) is 4.55. The number of nitrogens with zero attached hydrogens (tertiary/aromatic N) is 3. The lowest BCUT2D eigenvalue weighted by Gasteiger charge is -2.08. The van der Waals surface area contributed by atoms with Crippen molar-refractivity contribution in [2.45, 2.75) is 0 Å². The second kappa shape index (κ2) is 8.88. The minimum absolute atomic E-state index is 0.0998. The van der Waals surface area contributed by atoms with Crippen molar-refractivity contribution in [3.8, 4) is 23.2 Å². The van der Waals surface area contributed by atoms with Crippen LogP contribution in [0.15, 0.2) is 77.4 Å². The standard InChI is InChI=1S/C23H14ClFN4O3/c24-14-3-1-4-17(11-14)29-20(21-5-2-10-32-21)12-19(28-29)22(30)18(13-26)23(31)27-16-8-6-15(25)7-9-16/h1-12,18H,(H,27,31). The number of ketones is 1. The molecule has 0 aliphatic rings. The van der Waals surface area contributed by atoms with Crippen LogP contribution in [0.4, 0.5) is 10.1 Å².